The molecule has 2 aliphatic heterocycles. The molecule has 23 heavy (non-hydrogen) atoms. The molecule has 0 aromatic heterocycles. The van der Waals surface area contributed by atoms with Crippen molar-refractivity contribution in [1.82, 2.24) is 4.90 Å². The van der Waals surface area contributed by atoms with Crippen molar-refractivity contribution in [2.45, 2.75) is 25.9 Å². The number of amides is 1. The Morgan fingerprint density at radius 1 is 1.22 bits per heavy atom. The molecule has 0 N–H and O–H groups in total. The normalized spacial score (nSPS) is 21.6. The molecule has 6 heteroatoms. The fraction of sp³-hybridized carbons (Fsp3) is 0.529. The second-order valence-electron chi connectivity index (χ2n) is 6.00. The molecule has 0 saturated carbocycles. The van der Waals surface area contributed by atoms with Gasteiger partial charge < -0.3 is 14.5 Å². The van der Waals surface area contributed by atoms with Crippen LogP contribution < -0.4 is 4.90 Å². The van der Waals surface area contributed by atoms with Gasteiger partial charge in [0.25, 0.3) is 5.91 Å². The predicted molar refractivity (Wildman–Crippen MR) is 84.2 cm³/mol. The molecule has 3 rings (SSSR count). The zero-order chi connectivity index (χ0) is 16.4. The second-order valence-corrected chi connectivity index (χ2v) is 6.00. The molecule has 1 amide bonds. The standard InChI is InChI=1S/C17H21FN2O3/c1-12(21)16-13(18)4-2-5-14(16)19-7-9-20(10-8-19)17(22)15-6-3-11-23-15/h2,4-5,15H,3,6-11H2,1H3. The Balaban J connectivity index is 1.69. The average Bonchev–Trinajstić information content (AvgIpc) is 3.08. The summed E-state index contributed by atoms with van der Waals surface area (Å²) in [4.78, 5) is 27.8. The molecular weight excluding hydrogens is 299 g/mol. The Kier molecular flexibility index (Phi) is 4.61. The van der Waals surface area contributed by atoms with E-state index in [0.29, 0.717) is 38.5 Å². The van der Waals surface area contributed by atoms with Crippen molar-refractivity contribution < 1.29 is 18.7 Å². The van der Waals surface area contributed by atoms with Gasteiger partial charge in [0.15, 0.2) is 5.78 Å². The van der Waals surface area contributed by atoms with Crippen molar-refractivity contribution >= 4 is 17.4 Å². The molecule has 2 heterocycles. The third-order valence-corrected chi connectivity index (χ3v) is 4.48. The average molecular weight is 320 g/mol. The van der Waals surface area contributed by atoms with Crippen LogP contribution in [0.15, 0.2) is 18.2 Å². The Labute approximate surface area is 135 Å². The fourth-order valence-corrected chi connectivity index (χ4v) is 3.27. The minimum atomic E-state index is -0.493. The van der Waals surface area contributed by atoms with Gasteiger partial charge in [-0.15, -0.1) is 0 Å². The van der Waals surface area contributed by atoms with E-state index in [-0.39, 0.29) is 23.4 Å². The van der Waals surface area contributed by atoms with E-state index in [1.165, 1.54) is 13.0 Å². The number of anilines is 1. The molecule has 2 aliphatic rings. The van der Waals surface area contributed by atoms with Gasteiger partial charge in [-0.3, -0.25) is 9.59 Å². The SMILES string of the molecule is CC(=O)c1c(F)cccc1N1CCN(C(=O)C2CCCO2)CC1. The van der Waals surface area contributed by atoms with E-state index in [0.717, 1.165) is 12.8 Å². The molecule has 2 saturated heterocycles. The largest absolute Gasteiger partial charge is 0.368 e. The van der Waals surface area contributed by atoms with Gasteiger partial charge in [-0.05, 0) is 31.9 Å². The number of Topliss-reactive ketones (excluding diaryl/α,β-unsaturated/α-hetero) is 1. The maximum absolute atomic E-state index is 13.9. The Morgan fingerprint density at radius 2 is 1.96 bits per heavy atom. The lowest BCUT2D eigenvalue weighted by molar-refractivity contribution is -0.141. The van der Waals surface area contributed by atoms with E-state index in [1.807, 2.05) is 4.90 Å². The third kappa shape index (κ3) is 3.22. The minimum absolute atomic E-state index is 0.0492. The number of benzene rings is 1. The monoisotopic (exact) mass is 320 g/mol. The highest BCUT2D eigenvalue weighted by molar-refractivity contribution is 6.00. The van der Waals surface area contributed by atoms with Crippen molar-refractivity contribution in [3.05, 3.63) is 29.6 Å². The first kappa shape index (κ1) is 15.9. The van der Waals surface area contributed by atoms with Crippen molar-refractivity contribution in [3.8, 4) is 0 Å². The molecule has 1 atom stereocenters. The molecule has 124 valence electrons. The van der Waals surface area contributed by atoms with Crippen LogP contribution in [-0.2, 0) is 9.53 Å². The third-order valence-electron chi connectivity index (χ3n) is 4.48. The number of rotatable bonds is 3. The van der Waals surface area contributed by atoms with E-state index in [9.17, 15) is 14.0 Å². The van der Waals surface area contributed by atoms with Crippen LogP contribution in [-0.4, -0.2) is 55.5 Å². The first-order valence-electron chi connectivity index (χ1n) is 8.02. The summed E-state index contributed by atoms with van der Waals surface area (Å²) in [6, 6.07) is 4.68. The predicted octanol–water partition coefficient (Wildman–Crippen LogP) is 1.86. The van der Waals surface area contributed by atoms with E-state index in [4.69, 9.17) is 4.74 Å². The number of ketones is 1. The topological polar surface area (TPSA) is 49.9 Å². The summed E-state index contributed by atoms with van der Waals surface area (Å²) in [6.45, 7) is 4.32. The number of hydrogen-bond acceptors (Lipinski definition) is 4. The Hall–Kier alpha value is -1.95. The number of nitrogens with zero attached hydrogens (tertiary/aromatic N) is 2. The first-order chi connectivity index (χ1) is 11.1. The summed E-state index contributed by atoms with van der Waals surface area (Å²) < 4.78 is 19.4. The molecule has 5 nitrogen and oxygen atoms in total. The number of halogens is 1. The number of carbonyl (C=O) groups excluding carboxylic acids is 2. The van der Waals surface area contributed by atoms with Gasteiger partial charge in [0, 0.05) is 32.8 Å². The molecule has 0 aliphatic carbocycles. The maximum atomic E-state index is 13.9. The number of ether oxygens (including phenoxy) is 1. The van der Waals surface area contributed by atoms with Gasteiger partial charge in [-0.25, -0.2) is 4.39 Å². The maximum Gasteiger partial charge on any atom is 0.251 e. The van der Waals surface area contributed by atoms with Gasteiger partial charge in [0.05, 0.1) is 11.3 Å². The van der Waals surface area contributed by atoms with Crippen LogP contribution in [0.5, 0.6) is 0 Å². The number of carbonyl (C=O) groups is 2. The van der Waals surface area contributed by atoms with Crippen LogP contribution in [0.2, 0.25) is 0 Å². The van der Waals surface area contributed by atoms with Gasteiger partial charge in [0.2, 0.25) is 0 Å². The van der Waals surface area contributed by atoms with Crippen molar-refractivity contribution in [3.63, 3.8) is 0 Å². The van der Waals surface area contributed by atoms with E-state index in [1.54, 1.807) is 17.0 Å². The van der Waals surface area contributed by atoms with E-state index >= 15 is 0 Å². The molecule has 1 aromatic carbocycles. The summed E-state index contributed by atoms with van der Waals surface area (Å²) in [5, 5.41) is 0. The van der Waals surface area contributed by atoms with Gasteiger partial charge >= 0.3 is 0 Å². The van der Waals surface area contributed by atoms with Gasteiger partial charge in [-0.1, -0.05) is 6.07 Å². The van der Waals surface area contributed by atoms with E-state index < -0.39 is 5.82 Å². The smallest absolute Gasteiger partial charge is 0.251 e. The van der Waals surface area contributed by atoms with Gasteiger partial charge in [-0.2, -0.15) is 0 Å². The van der Waals surface area contributed by atoms with Crippen LogP contribution in [0, 0.1) is 5.82 Å². The fourth-order valence-electron chi connectivity index (χ4n) is 3.27. The molecule has 2 fully saturated rings. The lowest BCUT2D eigenvalue weighted by Gasteiger charge is -2.37. The quantitative estimate of drug-likeness (QED) is 0.798. The van der Waals surface area contributed by atoms with Gasteiger partial charge in [0.1, 0.15) is 11.9 Å². The summed E-state index contributed by atoms with van der Waals surface area (Å²) in [7, 11) is 0. The summed E-state index contributed by atoms with van der Waals surface area (Å²) in [5.74, 6) is -0.725. The van der Waals surface area contributed by atoms with E-state index in [2.05, 4.69) is 0 Å². The van der Waals surface area contributed by atoms with Crippen LogP contribution in [0.4, 0.5) is 10.1 Å². The highest BCUT2D eigenvalue weighted by Crippen LogP contribution is 2.25. The molecule has 1 aromatic rings. The molecule has 1 unspecified atom stereocenters. The minimum Gasteiger partial charge on any atom is -0.368 e. The second kappa shape index (κ2) is 6.66. The summed E-state index contributed by atoms with van der Waals surface area (Å²) >= 11 is 0. The zero-order valence-electron chi connectivity index (χ0n) is 13.3. The highest BCUT2D eigenvalue weighted by atomic mass is 19.1. The van der Waals surface area contributed by atoms with Crippen molar-refractivity contribution in [1.29, 1.82) is 0 Å². The lowest BCUT2D eigenvalue weighted by atomic mass is 10.1. The summed E-state index contributed by atoms with van der Waals surface area (Å²) in [5.41, 5.74) is 0.744. The molecule has 0 radical (unpaired) electrons. The van der Waals surface area contributed by atoms with Crippen molar-refractivity contribution in [2.75, 3.05) is 37.7 Å². The number of hydrogen-bond donors (Lipinski definition) is 0. The number of piperazine rings is 1. The van der Waals surface area contributed by atoms with Crippen LogP contribution in [0.3, 0.4) is 0 Å². The van der Waals surface area contributed by atoms with Crippen molar-refractivity contribution in [2.24, 2.45) is 0 Å². The Morgan fingerprint density at radius 3 is 2.57 bits per heavy atom. The van der Waals surface area contributed by atoms with Crippen LogP contribution >= 0.6 is 0 Å². The first-order valence-corrected chi connectivity index (χ1v) is 8.02. The van der Waals surface area contributed by atoms with Crippen LogP contribution in [0.1, 0.15) is 30.1 Å². The summed E-state index contributed by atoms with van der Waals surface area (Å²) in [6.07, 6.45) is 1.42. The zero-order valence-corrected chi connectivity index (χ0v) is 13.3. The molecule has 0 bridgehead atoms. The van der Waals surface area contributed by atoms with Crippen LogP contribution in [0.25, 0.3) is 0 Å². The lowest BCUT2D eigenvalue weighted by Crippen LogP contribution is -2.51. The molecular formula is C17H21FN2O3. The Bertz CT molecular complexity index is 606. The molecule has 0 spiro atoms. The highest BCUT2D eigenvalue weighted by Gasteiger charge is 2.31.